The van der Waals surface area contributed by atoms with E-state index in [0.717, 1.165) is 0 Å². The summed E-state index contributed by atoms with van der Waals surface area (Å²) in [5.74, 6) is -0.449. The van der Waals surface area contributed by atoms with Gasteiger partial charge in [-0.15, -0.1) is 0 Å². The van der Waals surface area contributed by atoms with E-state index >= 15 is 0 Å². The molecule has 37 heavy (non-hydrogen) atoms. The average molecular weight is 513 g/mol. The van der Waals surface area contributed by atoms with Crippen LogP contribution in [0.4, 0.5) is 5.69 Å². The smallest absolute Gasteiger partial charge is 0.350 e. The second-order valence-electron chi connectivity index (χ2n) is 8.08. The average Bonchev–Trinajstić information content (AvgIpc) is 2.87. The standard InChI is InChI=1S/C15H17NO6.C11H11NO3/c1-15(2)21-13(17)12(14(18)22-15)8-16-9-5-10(19-3)7-11(6-9)20-4;1-14-7-5-8-11(10(6-7)15-2)9(13)3-4-12-8/h5-8,16H,1-4H3;3-6H,1-2H3,(H,12,13). The van der Waals surface area contributed by atoms with E-state index in [1.54, 1.807) is 43.6 Å². The van der Waals surface area contributed by atoms with Gasteiger partial charge in [0, 0.05) is 68.3 Å². The summed E-state index contributed by atoms with van der Waals surface area (Å²) in [6.07, 6.45) is 2.83. The molecule has 0 saturated carbocycles. The molecule has 0 unspecified atom stereocenters. The van der Waals surface area contributed by atoms with Gasteiger partial charge in [-0.1, -0.05) is 0 Å². The highest BCUT2D eigenvalue weighted by Crippen LogP contribution is 2.28. The molecule has 3 aromatic rings. The summed E-state index contributed by atoms with van der Waals surface area (Å²) in [4.78, 5) is 38.2. The van der Waals surface area contributed by atoms with Crippen molar-refractivity contribution < 1.29 is 38.0 Å². The number of pyridine rings is 1. The Morgan fingerprint density at radius 2 is 1.38 bits per heavy atom. The van der Waals surface area contributed by atoms with Gasteiger partial charge in [0.25, 0.3) is 5.79 Å². The van der Waals surface area contributed by atoms with E-state index in [4.69, 9.17) is 28.4 Å². The first-order chi connectivity index (χ1) is 17.6. The summed E-state index contributed by atoms with van der Waals surface area (Å²) in [7, 11) is 6.15. The lowest BCUT2D eigenvalue weighted by Gasteiger charge is -2.29. The number of benzene rings is 2. The minimum Gasteiger partial charge on any atom is -0.497 e. The van der Waals surface area contributed by atoms with E-state index in [1.165, 1.54) is 47.4 Å². The molecule has 11 nitrogen and oxygen atoms in total. The van der Waals surface area contributed by atoms with Crippen LogP contribution in [0.1, 0.15) is 13.8 Å². The first-order valence-electron chi connectivity index (χ1n) is 11.0. The maximum Gasteiger partial charge on any atom is 0.350 e. The molecule has 2 aromatic carbocycles. The van der Waals surface area contributed by atoms with Crippen LogP contribution in [0.3, 0.4) is 0 Å². The number of esters is 2. The summed E-state index contributed by atoms with van der Waals surface area (Å²) >= 11 is 0. The number of anilines is 1. The molecule has 0 spiro atoms. The lowest BCUT2D eigenvalue weighted by atomic mass is 10.2. The molecule has 1 fully saturated rings. The van der Waals surface area contributed by atoms with Crippen LogP contribution >= 0.6 is 0 Å². The van der Waals surface area contributed by atoms with Crippen LogP contribution < -0.4 is 29.7 Å². The van der Waals surface area contributed by atoms with Crippen LogP contribution in [-0.4, -0.2) is 51.1 Å². The second-order valence-corrected chi connectivity index (χ2v) is 8.08. The Bertz CT molecular complexity index is 1350. The molecule has 4 rings (SSSR count). The van der Waals surface area contributed by atoms with E-state index in [9.17, 15) is 14.4 Å². The zero-order chi connectivity index (χ0) is 27.2. The molecule has 2 N–H and O–H groups in total. The predicted molar refractivity (Wildman–Crippen MR) is 135 cm³/mol. The number of hydrogen-bond acceptors (Lipinski definition) is 10. The number of fused-ring (bicyclic) bond motifs is 1. The molecular weight excluding hydrogens is 484 g/mol. The van der Waals surface area contributed by atoms with Gasteiger partial charge in [0.15, 0.2) is 11.0 Å². The van der Waals surface area contributed by atoms with Crippen molar-refractivity contribution in [3.05, 3.63) is 64.6 Å². The van der Waals surface area contributed by atoms with Crippen molar-refractivity contribution in [2.75, 3.05) is 33.8 Å². The summed E-state index contributed by atoms with van der Waals surface area (Å²) in [5.41, 5.74) is 0.997. The van der Waals surface area contributed by atoms with E-state index in [0.29, 0.717) is 39.6 Å². The third-order valence-corrected chi connectivity index (χ3v) is 5.10. The number of carbonyl (C=O) groups excluding carboxylic acids is 2. The molecule has 0 amide bonds. The highest BCUT2D eigenvalue weighted by Gasteiger charge is 2.38. The van der Waals surface area contributed by atoms with E-state index in [1.807, 2.05) is 0 Å². The van der Waals surface area contributed by atoms with Crippen LogP contribution in [0.15, 0.2) is 59.2 Å². The van der Waals surface area contributed by atoms with Crippen molar-refractivity contribution in [2.45, 2.75) is 19.6 Å². The summed E-state index contributed by atoms with van der Waals surface area (Å²) < 4.78 is 30.5. The fourth-order valence-corrected chi connectivity index (χ4v) is 3.35. The van der Waals surface area contributed by atoms with E-state index < -0.39 is 17.7 Å². The molecule has 0 atom stereocenters. The Labute approximate surface area is 212 Å². The molecule has 0 radical (unpaired) electrons. The summed E-state index contributed by atoms with van der Waals surface area (Å²) in [6, 6.07) is 9.99. The number of aromatic nitrogens is 1. The van der Waals surface area contributed by atoms with Crippen LogP contribution in [0.25, 0.3) is 10.9 Å². The number of ether oxygens (including phenoxy) is 6. The Morgan fingerprint density at radius 3 is 1.92 bits per heavy atom. The number of carbonyl (C=O) groups is 2. The van der Waals surface area contributed by atoms with Crippen molar-refractivity contribution in [3.63, 3.8) is 0 Å². The molecule has 0 bridgehead atoms. The van der Waals surface area contributed by atoms with Crippen molar-refractivity contribution in [1.29, 1.82) is 0 Å². The first-order valence-corrected chi connectivity index (χ1v) is 11.0. The third-order valence-electron chi connectivity index (χ3n) is 5.10. The number of nitrogens with one attached hydrogen (secondary N) is 2. The lowest BCUT2D eigenvalue weighted by Crippen LogP contribution is -2.42. The van der Waals surface area contributed by atoms with Gasteiger partial charge in [0.05, 0.1) is 39.3 Å². The summed E-state index contributed by atoms with van der Waals surface area (Å²) in [5, 5.41) is 3.37. The number of H-pyrrole nitrogens is 1. The Balaban J connectivity index is 0.000000220. The molecule has 196 valence electrons. The lowest BCUT2D eigenvalue weighted by molar-refractivity contribution is -0.222. The van der Waals surface area contributed by atoms with Gasteiger partial charge in [0.2, 0.25) is 0 Å². The number of cyclic esters (lactones) is 2. The molecular formula is C26H28N2O9. The molecule has 1 aromatic heterocycles. The Hall–Kier alpha value is -4.67. The number of aromatic amines is 1. The van der Waals surface area contributed by atoms with Gasteiger partial charge in [-0.05, 0) is 0 Å². The zero-order valence-corrected chi connectivity index (χ0v) is 21.3. The SMILES string of the molecule is COc1cc(NC=C2C(=O)OC(C)(C)OC2=O)cc(OC)c1.COc1cc(OC)c2c(=O)cc[nH]c2c1. The highest BCUT2D eigenvalue weighted by atomic mass is 16.7. The normalized spacial score (nSPS) is 13.9. The van der Waals surface area contributed by atoms with Crippen molar-refractivity contribution >= 4 is 28.5 Å². The highest BCUT2D eigenvalue weighted by molar-refractivity contribution is 6.15. The van der Waals surface area contributed by atoms with Crippen molar-refractivity contribution in [1.82, 2.24) is 4.98 Å². The fraction of sp³-hybridized carbons (Fsp3) is 0.269. The number of hydrogen-bond donors (Lipinski definition) is 2. The quantitative estimate of drug-likeness (QED) is 0.287. The second kappa shape index (κ2) is 11.4. The monoisotopic (exact) mass is 512 g/mol. The third kappa shape index (κ3) is 6.51. The maximum absolute atomic E-state index is 11.8. The van der Waals surface area contributed by atoms with E-state index in [-0.39, 0.29) is 11.0 Å². The van der Waals surface area contributed by atoms with Crippen LogP contribution in [0.2, 0.25) is 0 Å². The van der Waals surface area contributed by atoms with Crippen LogP contribution in [0, 0.1) is 0 Å². The number of rotatable bonds is 6. The molecule has 1 aliphatic rings. The van der Waals surface area contributed by atoms with Crippen LogP contribution in [-0.2, 0) is 19.1 Å². The largest absolute Gasteiger partial charge is 0.497 e. The Morgan fingerprint density at radius 1 is 0.811 bits per heavy atom. The molecule has 0 aliphatic carbocycles. The number of methoxy groups -OCH3 is 4. The minimum absolute atomic E-state index is 0.0664. The zero-order valence-electron chi connectivity index (χ0n) is 21.3. The van der Waals surface area contributed by atoms with Gasteiger partial charge in [-0.25, -0.2) is 9.59 Å². The van der Waals surface area contributed by atoms with Crippen molar-refractivity contribution in [2.24, 2.45) is 0 Å². The van der Waals surface area contributed by atoms with Gasteiger partial charge in [-0.3, -0.25) is 4.79 Å². The van der Waals surface area contributed by atoms with Gasteiger partial charge >= 0.3 is 11.9 Å². The Kier molecular flexibility index (Phi) is 8.28. The maximum atomic E-state index is 11.8. The minimum atomic E-state index is -1.26. The van der Waals surface area contributed by atoms with Gasteiger partial charge < -0.3 is 38.7 Å². The molecule has 1 aliphatic heterocycles. The van der Waals surface area contributed by atoms with Crippen LogP contribution in [0.5, 0.6) is 23.0 Å². The topological polar surface area (TPSA) is 134 Å². The first kappa shape index (κ1) is 26.9. The fourth-order valence-electron chi connectivity index (χ4n) is 3.35. The van der Waals surface area contributed by atoms with Crippen molar-refractivity contribution in [3.8, 4) is 23.0 Å². The molecule has 2 heterocycles. The molecule has 1 saturated heterocycles. The van der Waals surface area contributed by atoms with Gasteiger partial charge in [0.1, 0.15) is 23.0 Å². The van der Waals surface area contributed by atoms with E-state index in [2.05, 4.69) is 10.3 Å². The molecule has 11 heteroatoms. The summed E-state index contributed by atoms with van der Waals surface area (Å²) in [6.45, 7) is 2.97. The van der Waals surface area contributed by atoms with Gasteiger partial charge in [-0.2, -0.15) is 0 Å². The predicted octanol–water partition coefficient (Wildman–Crippen LogP) is 3.38.